The van der Waals surface area contributed by atoms with E-state index in [2.05, 4.69) is 51.1 Å². The Bertz CT molecular complexity index is 336. The van der Waals surface area contributed by atoms with Gasteiger partial charge in [0.1, 0.15) is 0 Å². The first-order valence-corrected chi connectivity index (χ1v) is 7.57. The summed E-state index contributed by atoms with van der Waals surface area (Å²) in [6, 6.07) is 11.0. The highest BCUT2D eigenvalue weighted by Gasteiger charge is 2.24. The topological polar surface area (TPSA) is 0 Å². The van der Waals surface area contributed by atoms with Gasteiger partial charge < -0.3 is 0 Å². The normalized spacial score (nSPS) is 25.1. The molecule has 0 bridgehead atoms. The quantitative estimate of drug-likeness (QED) is 0.661. The van der Waals surface area contributed by atoms with E-state index in [4.69, 9.17) is 0 Å². The summed E-state index contributed by atoms with van der Waals surface area (Å²) in [7, 11) is 0. The van der Waals surface area contributed by atoms with E-state index in [1.54, 1.807) is 0 Å². The van der Waals surface area contributed by atoms with Crippen molar-refractivity contribution in [1.82, 2.24) is 0 Å². The lowest BCUT2D eigenvalue weighted by Crippen LogP contribution is -2.20. The lowest BCUT2D eigenvalue weighted by atomic mass is 9.73. The average molecular weight is 244 g/mol. The number of benzene rings is 1. The molecule has 18 heavy (non-hydrogen) atoms. The molecule has 0 radical (unpaired) electrons. The molecule has 1 aromatic carbocycles. The van der Waals surface area contributed by atoms with Crippen molar-refractivity contribution in [2.75, 3.05) is 0 Å². The fraction of sp³-hybridized carbons (Fsp3) is 0.667. The molecular formula is C18H28. The molecule has 0 atom stereocenters. The van der Waals surface area contributed by atoms with E-state index < -0.39 is 0 Å². The molecule has 0 unspecified atom stereocenters. The van der Waals surface area contributed by atoms with Crippen molar-refractivity contribution < 1.29 is 0 Å². The largest absolute Gasteiger partial charge is 0.0622 e. The molecule has 1 aliphatic carbocycles. The Kier molecular flexibility index (Phi) is 4.48. The van der Waals surface area contributed by atoms with Crippen LogP contribution in [-0.2, 0) is 6.42 Å². The molecule has 2 rings (SSSR count). The van der Waals surface area contributed by atoms with Crippen LogP contribution < -0.4 is 0 Å². The Hall–Kier alpha value is -0.780. The molecule has 0 N–H and O–H groups in total. The first kappa shape index (κ1) is 13.6. The highest BCUT2D eigenvalue weighted by atomic mass is 14.3. The van der Waals surface area contributed by atoms with Crippen LogP contribution in [0.2, 0.25) is 0 Å². The van der Waals surface area contributed by atoms with Gasteiger partial charge in [-0.25, -0.2) is 0 Å². The lowest BCUT2D eigenvalue weighted by Gasteiger charge is -2.32. The molecule has 0 saturated heterocycles. The molecule has 1 saturated carbocycles. The molecular weight excluding hydrogens is 216 g/mol. The van der Waals surface area contributed by atoms with E-state index in [1.165, 1.54) is 44.1 Å². The predicted octanol–water partition coefficient (Wildman–Crippen LogP) is 5.47. The highest BCUT2D eigenvalue weighted by molar-refractivity contribution is 5.15. The maximum atomic E-state index is 2.38. The standard InChI is InChI=1S/C18H28/c1-18(2,3)14-17-11-9-16(10-12-17)13-15-7-5-4-6-8-15/h4-8,16-17H,9-14H2,1-3H3. The Morgan fingerprint density at radius 2 is 1.44 bits per heavy atom. The van der Waals surface area contributed by atoms with Crippen LogP contribution in [0.15, 0.2) is 30.3 Å². The van der Waals surface area contributed by atoms with Crippen LogP contribution in [0.1, 0.15) is 58.4 Å². The third kappa shape index (κ3) is 4.48. The van der Waals surface area contributed by atoms with Crippen LogP contribution in [0.25, 0.3) is 0 Å². The van der Waals surface area contributed by atoms with Crippen LogP contribution in [0.4, 0.5) is 0 Å². The summed E-state index contributed by atoms with van der Waals surface area (Å²) in [6.07, 6.45) is 8.49. The summed E-state index contributed by atoms with van der Waals surface area (Å²) in [5.41, 5.74) is 2.04. The minimum absolute atomic E-state index is 0.511. The predicted molar refractivity (Wildman–Crippen MR) is 79.7 cm³/mol. The van der Waals surface area contributed by atoms with Crippen molar-refractivity contribution in [1.29, 1.82) is 0 Å². The zero-order valence-corrected chi connectivity index (χ0v) is 12.3. The number of hydrogen-bond acceptors (Lipinski definition) is 0. The van der Waals surface area contributed by atoms with Crippen LogP contribution >= 0.6 is 0 Å². The SMILES string of the molecule is CC(C)(C)CC1CCC(Cc2ccccc2)CC1. The average Bonchev–Trinajstić information content (AvgIpc) is 2.31. The van der Waals surface area contributed by atoms with Crippen molar-refractivity contribution in [2.24, 2.45) is 17.3 Å². The van der Waals surface area contributed by atoms with Crippen LogP contribution in [0, 0.1) is 17.3 Å². The van der Waals surface area contributed by atoms with Crippen molar-refractivity contribution >= 4 is 0 Å². The van der Waals surface area contributed by atoms with Gasteiger partial charge >= 0.3 is 0 Å². The fourth-order valence-electron chi connectivity index (χ4n) is 3.45. The summed E-state index contributed by atoms with van der Waals surface area (Å²) >= 11 is 0. The Morgan fingerprint density at radius 3 is 2.00 bits per heavy atom. The second-order valence-corrected chi connectivity index (χ2v) is 7.34. The molecule has 0 heterocycles. The van der Waals surface area contributed by atoms with Gasteiger partial charge in [0.2, 0.25) is 0 Å². The summed E-state index contributed by atoms with van der Waals surface area (Å²) in [5.74, 6) is 1.92. The summed E-state index contributed by atoms with van der Waals surface area (Å²) in [5, 5.41) is 0. The Labute approximate surface area is 113 Å². The highest BCUT2D eigenvalue weighted by Crippen LogP contribution is 2.37. The van der Waals surface area contributed by atoms with E-state index in [0.29, 0.717) is 5.41 Å². The molecule has 1 aliphatic rings. The van der Waals surface area contributed by atoms with Crippen molar-refractivity contribution in [3.8, 4) is 0 Å². The van der Waals surface area contributed by atoms with E-state index in [9.17, 15) is 0 Å². The molecule has 100 valence electrons. The van der Waals surface area contributed by atoms with Gasteiger partial charge in [0.05, 0.1) is 0 Å². The van der Waals surface area contributed by atoms with Gasteiger partial charge in [0.25, 0.3) is 0 Å². The van der Waals surface area contributed by atoms with Gasteiger partial charge in [-0.15, -0.1) is 0 Å². The van der Waals surface area contributed by atoms with E-state index in [0.717, 1.165) is 11.8 Å². The summed E-state index contributed by atoms with van der Waals surface area (Å²) in [6.45, 7) is 7.13. The molecule has 0 nitrogen and oxygen atoms in total. The van der Waals surface area contributed by atoms with Crippen LogP contribution in [0.5, 0.6) is 0 Å². The lowest BCUT2D eigenvalue weighted by molar-refractivity contribution is 0.204. The molecule has 0 aliphatic heterocycles. The van der Waals surface area contributed by atoms with E-state index >= 15 is 0 Å². The van der Waals surface area contributed by atoms with Gasteiger partial charge in [-0.3, -0.25) is 0 Å². The van der Waals surface area contributed by atoms with Gasteiger partial charge in [-0.2, -0.15) is 0 Å². The van der Waals surface area contributed by atoms with Crippen molar-refractivity contribution in [3.63, 3.8) is 0 Å². The van der Waals surface area contributed by atoms with Gasteiger partial charge in [-0.05, 0) is 48.5 Å². The molecule has 0 heteroatoms. The maximum Gasteiger partial charge on any atom is -0.0250 e. The molecule has 0 aromatic heterocycles. The molecule has 1 fully saturated rings. The Balaban J connectivity index is 1.77. The Morgan fingerprint density at radius 1 is 0.889 bits per heavy atom. The third-order valence-corrected chi connectivity index (χ3v) is 4.23. The molecule has 0 amide bonds. The summed E-state index contributed by atoms with van der Waals surface area (Å²) in [4.78, 5) is 0. The monoisotopic (exact) mass is 244 g/mol. The fourth-order valence-corrected chi connectivity index (χ4v) is 3.45. The zero-order chi connectivity index (χ0) is 13.0. The van der Waals surface area contributed by atoms with Crippen molar-refractivity contribution in [3.05, 3.63) is 35.9 Å². The third-order valence-electron chi connectivity index (χ3n) is 4.23. The zero-order valence-electron chi connectivity index (χ0n) is 12.3. The minimum Gasteiger partial charge on any atom is -0.0622 e. The first-order chi connectivity index (χ1) is 8.53. The number of rotatable bonds is 3. The van der Waals surface area contributed by atoms with Crippen LogP contribution in [0.3, 0.4) is 0 Å². The second kappa shape index (κ2) is 5.91. The van der Waals surface area contributed by atoms with E-state index in [-0.39, 0.29) is 0 Å². The van der Waals surface area contributed by atoms with Gasteiger partial charge in [-0.1, -0.05) is 63.9 Å². The smallest absolute Gasteiger partial charge is 0.0250 e. The first-order valence-electron chi connectivity index (χ1n) is 7.57. The van der Waals surface area contributed by atoms with E-state index in [1.807, 2.05) is 0 Å². The van der Waals surface area contributed by atoms with Gasteiger partial charge in [0.15, 0.2) is 0 Å². The second-order valence-electron chi connectivity index (χ2n) is 7.34. The molecule has 1 aromatic rings. The maximum absolute atomic E-state index is 2.38. The van der Waals surface area contributed by atoms with Crippen molar-refractivity contribution in [2.45, 2.75) is 59.3 Å². The molecule has 0 spiro atoms. The minimum atomic E-state index is 0.511. The number of hydrogen-bond donors (Lipinski definition) is 0. The summed E-state index contributed by atoms with van der Waals surface area (Å²) < 4.78 is 0. The van der Waals surface area contributed by atoms with Crippen LogP contribution in [-0.4, -0.2) is 0 Å². The van der Waals surface area contributed by atoms with Gasteiger partial charge in [0, 0.05) is 0 Å².